The first-order valence-corrected chi connectivity index (χ1v) is 10.7. The number of nitrogens with zero attached hydrogens (tertiary/aromatic N) is 1. The molecule has 0 radical (unpaired) electrons. The van der Waals surface area contributed by atoms with Gasteiger partial charge in [0.2, 0.25) is 15.9 Å². The molecular weight excluding hydrogens is 384 g/mol. The van der Waals surface area contributed by atoms with Crippen molar-refractivity contribution in [3.8, 4) is 0 Å². The van der Waals surface area contributed by atoms with Crippen LogP contribution in [0.25, 0.3) is 0 Å². The van der Waals surface area contributed by atoms with Gasteiger partial charge in [-0.15, -0.1) is 0 Å². The molecule has 144 valence electrons. The highest BCUT2D eigenvalue weighted by Crippen LogP contribution is 2.27. The average Bonchev–Trinajstić information content (AvgIpc) is 2.63. The fraction of sp³-hybridized carbons (Fsp3) is 0.350. The van der Waals surface area contributed by atoms with Crippen LogP contribution < -0.4 is 5.32 Å². The Morgan fingerprint density at radius 1 is 1.19 bits per heavy atom. The third-order valence-corrected chi connectivity index (χ3v) is 7.05. The number of carbonyl (C=O) groups excluding carboxylic acids is 1. The van der Waals surface area contributed by atoms with E-state index in [1.54, 1.807) is 37.3 Å². The van der Waals surface area contributed by atoms with Crippen LogP contribution in [0.2, 0.25) is 5.02 Å². The van der Waals surface area contributed by atoms with Gasteiger partial charge in [-0.1, -0.05) is 29.8 Å². The predicted molar refractivity (Wildman–Crippen MR) is 107 cm³/mol. The number of nitrogens with one attached hydrogen (secondary N) is 1. The summed E-state index contributed by atoms with van der Waals surface area (Å²) in [4.78, 5) is 13.0. The monoisotopic (exact) mass is 406 g/mol. The van der Waals surface area contributed by atoms with E-state index in [2.05, 4.69) is 5.32 Å². The molecule has 1 aliphatic rings. The minimum absolute atomic E-state index is 0.182. The smallest absolute Gasteiger partial charge is 0.243 e. The third kappa shape index (κ3) is 4.51. The number of benzene rings is 2. The SMILES string of the molecule is Cc1ccc(C)c(S(=O)(=O)N2CCC[C@@H](C(=O)Nc3cccc(Cl)c3)C2)c1. The number of aryl methyl sites for hydroxylation is 2. The quantitative estimate of drug-likeness (QED) is 0.834. The van der Waals surface area contributed by atoms with Crippen LogP contribution in [0.1, 0.15) is 24.0 Å². The van der Waals surface area contributed by atoms with E-state index < -0.39 is 15.9 Å². The number of halogens is 1. The van der Waals surface area contributed by atoms with Crippen LogP contribution in [0.4, 0.5) is 5.69 Å². The number of hydrogen-bond donors (Lipinski definition) is 1. The largest absolute Gasteiger partial charge is 0.326 e. The molecule has 1 saturated heterocycles. The van der Waals surface area contributed by atoms with Crippen LogP contribution in [0.3, 0.4) is 0 Å². The lowest BCUT2D eigenvalue weighted by atomic mass is 9.99. The maximum absolute atomic E-state index is 13.1. The van der Waals surface area contributed by atoms with Gasteiger partial charge in [-0.25, -0.2) is 8.42 Å². The predicted octanol–water partition coefficient (Wildman–Crippen LogP) is 4.00. The Morgan fingerprint density at radius 3 is 2.70 bits per heavy atom. The lowest BCUT2D eigenvalue weighted by molar-refractivity contribution is -0.120. The maximum Gasteiger partial charge on any atom is 0.243 e. The van der Waals surface area contributed by atoms with Crippen LogP contribution in [-0.2, 0) is 14.8 Å². The van der Waals surface area contributed by atoms with Gasteiger partial charge >= 0.3 is 0 Å². The minimum atomic E-state index is -3.63. The van der Waals surface area contributed by atoms with E-state index >= 15 is 0 Å². The third-order valence-electron chi connectivity index (χ3n) is 4.81. The van der Waals surface area contributed by atoms with E-state index in [0.29, 0.717) is 40.6 Å². The van der Waals surface area contributed by atoms with Crippen molar-refractivity contribution in [3.05, 3.63) is 58.6 Å². The molecule has 0 bridgehead atoms. The molecule has 0 aromatic heterocycles. The van der Waals surface area contributed by atoms with Crippen molar-refractivity contribution >= 4 is 33.2 Å². The molecule has 2 aromatic rings. The van der Waals surface area contributed by atoms with Crippen molar-refractivity contribution in [1.82, 2.24) is 4.31 Å². The topological polar surface area (TPSA) is 66.5 Å². The Labute approximate surface area is 165 Å². The molecule has 0 aliphatic carbocycles. The van der Waals surface area contributed by atoms with E-state index in [4.69, 9.17) is 11.6 Å². The number of rotatable bonds is 4. The number of carbonyl (C=O) groups is 1. The molecule has 1 heterocycles. The molecule has 1 atom stereocenters. The Kier molecular flexibility index (Phi) is 5.89. The van der Waals surface area contributed by atoms with E-state index in [0.717, 1.165) is 5.56 Å². The van der Waals surface area contributed by atoms with Crippen LogP contribution in [0.15, 0.2) is 47.4 Å². The normalized spacial score (nSPS) is 18.3. The second kappa shape index (κ2) is 8.00. The second-order valence-electron chi connectivity index (χ2n) is 6.97. The molecule has 7 heteroatoms. The average molecular weight is 407 g/mol. The van der Waals surface area contributed by atoms with Crippen molar-refractivity contribution in [2.75, 3.05) is 18.4 Å². The lowest BCUT2D eigenvalue weighted by Gasteiger charge is -2.31. The summed E-state index contributed by atoms with van der Waals surface area (Å²) in [6.45, 7) is 4.27. The van der Waals surface area contributed by atoms with Gasteiger partial charge in [0.05, 0.1) is 10.8 Å². The number of hydrogen-bond acceptors (Lipinski definition) is 3. The molecule has 0 unspecified atom stereocenters. The fourth-order valence-corrected chi connectivity index (χ4v) is 5.33. The van der Waals surface area contributed by atoms with Crippen LogP contribution in [0.5, 0.6) is 0 Å². The number of sulfonamides is 1. The first-order valence-electron chi connectivity index (χ1n) is 8.91. The zero-order chi connectivity index (χ0) is 19.6. The van der Waals surface area contributed by atoms with Gasteiger partial charge in [-0.05, 0) is 62.1 Å². The van der Waals surface area contributed by atoms with E-state index in [-0.39, 0.29) is 12.5 Å². The molecular formula is C20H23ClN2O3S. The van der Waals surface area contributed by atoms with Gasteiger partial charge in [-0.2, -0.15) is 4.31 Å². The van der Waals surface area contributed by atoms with Gasteiger partial charge in [0.25, 0.3) is 0 Å². The van der Waals surface area contributed by atoms with Crippen LogP contribution in [0, 0.1) is 19.8 Å². The zero-order valence-electron chi connectivity index (χ0n) is 15.4. The Balaban J connectivity index is 1.77. The molecule has 0 saturated carbocycles. The Morgan fingerprint density at radius 2 is 1.96 bits per heavy atom. The summed E-state index contributed by atoms with van der Waals surface area (Å²) in [5, 5.41) is 3.38. The van der Waals surface area contributed by atoms with Gasteiger partial charge in [0.1, 0.15) is 0 Å². The summed E-state index contributed by atoms with van der Waals surface area (Å²) in [6.07, 6.45) is 1.31. The second-order valence-corrected chi connectivity index (χ2v) is 9.31. The highest BCUT2D eigenvalue weighted by Gasteiger charge is 2.34. The van der Waals surface area contributed by atoms with Crippen LogP contribution >= 0.6 is 11.6 Å². The standard InChI is InChI=1S/C20H23ClN2O3S/c1-14-8-9-15(2)19(11-14)27(25,26)23-10-4-5-16(13-23)20(24)22-18-7-3-6-17(21)12-18/h3,6-9,11-12,16H,4-5,10,13H2,1-2H3,(H,22,24)/t16-/m1/s1. The summed E-state index contributed by atoms with van der Waals surface area (Å²) >= 11 is 5.95. The number of piperidine rings is 1. The van der Waals surface area contributed by atoms with Crippen LogP contribution in [-0.4, -0.2) is 31.7 Å². The molecule has 3 rings (SSSR count). The first-order chi connectivity index (χ1) is 12.8. The summed E-state index contributed by atoms with van der Waals surface area (Å²) in [7, 11) is -3.63. The molecule has 27 heavy (non-hydrogen) atoms. The highest BCUT2D eigenvalue weighted by atomic mass is 35.5. The summed E-state index contributed by atoms with van der Waals surface area (Å²) in [5.41, 5.74) is 2.22. The van der Waals surface area contributed by atoms with Gasteiger partial charge in [-0.3, -0.25) is 4.79 Å². The summed E-state index contributed by atoms with van der Waals surface area (Å²) in [5.74, 6) is -0.573. The molecule has 5 nitrogen and oxygen atoms in total. The Bertz CT molecular complexity index is 959. The van der Waals surface area contributed by atoms with E-state index in [1.807, 2.05) is 19.1 Å². The molecule has 1 N–H and O–H groups in total. The van der Waals surface area contributed by atoms with Crippen molar-refractivity contribution in [1.29, 1.82) is 0 Å². The molecule has 2 aromatic carbocycles. The van der Waals surface area contributed by atoms with Gasteiger partial charge in [0, 0.05) is 23.8 Å². The van der Waals surface area contributed by atoms with Crippen molar-refractivity contribution in [2.45, 2.75) is 31.6 Å². The molecule has 1 fully saturated rings. The molecule has 1 amide bonds. The van der Waals surface area contributed by atoms with Crippen molar-refractivity contribution < 1.29 is 13.2 Å². The summed E-state index contributed by atoms with van der Waals surface area (Å²) in [6, 6.07) is 12.3. The van der Waals surface area contributed by atoms with Gasteiger partial charge < -0.3 is 5.32 Å². The first kappa shape index (κ1) is 19.9. The molecule has 1 aliphatic heterocycles. The Hall–Kier alpha value is -1.89. The minimum Gasteiger partial charge on any atom is -0.326 e. The lowest BCUT2D eigenvalue weighted by Crippen LogP contribution is -2.43. The van der Waals surface area contributed by atoms with E-state index in [1.165, 1.54) is 4.31 Å². The molecule has 0 spiro atoms. The van der Waals surface area contributed by atoms with Crippen molar-refractivity contribution in [3.63, 3.8) is 0 Å². The van der Waals surface area contributed by atoms with Crippen molar-refractivity contribution in [2.24, 2.45) is 5.92 Å². The summed E-state index contributed by atoms with van der Waals surface area (Å²) < 4.78 is 27.6. The highest BCUT2D eigenvalue weighted by molar-refractivity contribution is 7.89. The number of anilines is 1. The van der Waals surface area contributed by atoms with Gasteiger partial charge in [0.15, 0.2) is 0 Å². The number of amides is 1. The van der Waals surface area contributed by atoms with E-state index in [9.17, 15) is 13.2 Å². The maximum atomic E-state index is 13.1. The fourth-order valence-electron chi connectivity index (χ4n) is 3.31. The zero-order valence-corrected chi connectivity index (χ0v) is 17.0.